The molecule has 0 radical (unpaired) electrons. The summed E-state index contributed by atoms with van der Waals surface area (Å²) in [6.45, 7) is 5.93. The van der Waals surface area contributed by atoms with Gasteiger partial charge in [-0.1, -0.05) is 68.4 Å². The Morgan fingerprint density at radius 3 is 2.16 bits per heavy atom. The first-order valence-corrected chi connectivity index (χ1v) is 13.1. The van der Waals surface area contributed by atoms with Gasteiger partial charge in [0.25, 0.3) is 0 Å². The first-order valence-electron chi connectivity index (χ1n) is 13.1. The topological polar surface area (TPSA) is 87.5 Å². The van der Waals surface area contributed by atoms with Crippen LogP contribution in [0, 0.1) is 0 Å². The monoisotopic (exact) mass is 497 g/mol. The zero-order valence-corrected chi connectivity index (χ0v) is 21.2. The molecule has 0 saturated carbocycles. The van der Waals surface area contributed by atoms with E-state index in [-0.39, 0.29) is 11.5 Å². The number of phenols is 1. The lowest BCUT2D eigenvalue weighted by atomic mass is 9.84. The van der Waals surface area contributed by atoms with Crippen LogP contribution in [0.5, 0.6) is 5.75 Å². The molecular formula is C30H31N3O4. The zero-order valence-electron chi connectivity index (χ0n) is 21.2. The Hall–Kier alpha value is -3.97. The standard InChI is InChI=1S/C30H31N3O4/c1-3-5-15-32(16-6-4-2)28-29(35)27-26-24(34)17-19(18-25(26)36-31-37-30(27)28)33-22-13-9-7-11-20(22)21-12-8-10-14-23(21)33/h7-14,17-18,28,31,34H,3-6,15-16H2,1-2H3. The molecule has 0 fully saturated rings. The molecule has 2 aromatic heterocycles. The van der Waals surface area contributed by atoms with Crippen molar-refractivity contribution in [2.24, 2.45) is 0 Å². The maximum absolute atomic E-state index is 13.5. The van der Waals surface area contributed by atoms with Gasteiger partial charge in [-0.05, 0) is 38.1 Å². The summed E-state index contributed by atoms with van der Waals surface area (Å²) >= 11 is 0. The molecule has 190 valence electrons. The van der Waals surface area contributed by atoms with E-state index in [1.165, 1.54) is 0 Å². The number of carbonyl (C=O) groups excluding carboxylic acids is 1. The van der Waals surface area contributed by atoms with Crippen molar-refractivity contribution < 1.29 is 18.9 Å². The highest BCUT2D eigenvalue weighted by molar-refractivity contribution is 6.18. The molecule has 37 heavy (non-hydrogen) atoms. The second kappa shape index (κ2) is 9.48. The van der Waals surface area contributed by atoms with E-state index in [2.05, 4.69) is 52.9 Å². The van der Waals surface area contributed by atoms with Crippen molar-refractivity contribution in [2.45, 2.75) is 45.6 Å². The molecule has 0 bridgehead atoms. The van der Waals surface area contributed by atoms with Crippen LogP contribution in [0.3, 0.4) is 0 Å². The van der Waals surface area contributed by atoms with E-state index < -0.39 is 6.04 Å². The second-order valence-electron chi connectivity index (χ2n) is 9.74. The number of ketones is 1. The first-order chi connectivity index (χ1) is 18.1. The predicted molar refractivity (Wildman–Crippen MR) is 145 cm³/mol. The van der Waals surface area contributed by atoms with Crippen LogP contribution in [0.25, 0.3) is 38.5 Å². The van der Waals surface area contributed by atoms with Gasteiger partial charge in [0.1, 0.15) is 11.8 Å². The van der Waals surface area contributed by atoms with Crippen molar-refractivity contribution in [1.29, 1.82) is 0 Å². The number of aromatic amines is 1. The summed E-state index contributed by atoms with van der Waals surface area (Å²) in [4.78, 5) is 15.7. The molecule has 1 aliphatic rings. The number of nitrogens with one attached hydrogen (secondary N) is 1. The quantitative estimate of drug-likeness (QED) is 0.233. The number of nitrogens with zero attached hydrogens (tertiary/aromatic N) is 2. The second-order valence-corrected chi connectivity index (χ2v) is 9.74. The molecule has 6 rings (SSSR count). The van der Waals surface area contributed by atoms with Gasteiger partial charge in [-0.15, -0.1) is 0 Å². The van der Waals surface area contributed by atoms with Crippen LogP contribution < -0.4 is 0 Å². The maximum Gasteiger partial charge on any atom is 0.192 e. The van der Waals surface area contributed by atoms with Crippen LogP contribution >= 0.6 is 0 Å². The Morgan fingerprint density at radius 2 is 1.54 bits per heavy atom. The van der Waals surface area contributed by atoms with E-state index in [0.29, 0.717) is 22.3 Å². The fraction of sp³-hybridized carbons (Fsp3) is 0.300. The molecule has 1 unspecified atom stereocenters. The highest BCUT2D eigenvalue weighted by Crippen LogP contribution is 2.44. The Balaban J connectivity index is 1.51. The lowest BCUT2D eigenvalue weighted by Crippen LogP contribution is -2.42. The van der Waals surface area contributed by atoms with Crippen LogP contribution in [-0.4, -0.2) is 38.8 Å². The lowest BCUT2D eigenvalue weighted by molar-refractivity contribution is 0.0629. The van der Waals surface area contributed by atoms with Crippen LogP contribution in [0.1, 0.15) is 61.7 Å². The van der Waals surface area contributed by atoms with E-state index in [0.717, 1.165) is 66.3 Å². The maximum atomic E-state index is 13.5. The third kappa shape index (κ3) is 3.73. The van der Waals surface area contributed by atoms with E-state index in [1.54, 1.807) is 6.07 Å². The predicted octanol–water partition coefficient (Wildman–Crippen LogP) is 7.42. The highest BCUT2D eigenvalue weighted by Gasteiger charge is 2.45. The summed E-state index contributed by atoms with van der Waals surface area (Å²) in [5.74, 6) is 0.446. The molecule has 2 N–H and O–H groups in total. The number of hydrogen-bond acceptors (Lipinski definition) is 5. The van der Waals surface area contributed by atoms with Gasteiger partial charge in [-0.3, -0.25) is 9.69 Å². The number of unbranched alkanes of at least 4 members (excludes halogenated alkanes) is 2. The molecule has 5 aromatic rings. The largest absolute Gasteiger partial charge is 0.507 e. The Kier molecular flexibility index (Phi) is 6.00. The molecule has 7 nitrogen and oxygen atoms in total. The van der Waals surface area contributed by atoms with Crippen LogP contribution in [0.15, 0.2) is 69.7 Å². The molecule has 0 spiro atoms. The van der Waals surface area contributed by atoms with Gasteiger partial charge in [0, 0.05) is 22.9 Å². The number of rotatable bonds is 8. The number of benzene rings is 3. The average molecular weight is 498 g/mol. The summed E-state index contributed by atoms with van der Waals surface area (Å²) in [5, 5.41) is 16.5. The Labute approximate surface area is 214 Å². The van der Waals surface area contributed by atoms with Crippen molar-refractivity contribution in [3.63, 3.8) is 0 Å². The van der Waals surface area contributed by atoms with Crippen LogP contribution in [0.4, 0.5) is 0 Å². The van der Waals surface area contributed by atoms with E-state index in [4.69, 9.17) is 9.05 Å². The summed E-state index contributed by atoms with van der Waals surface area (Å²) in [6, 6.07) is 19.4. The smallest absolute Gasteiger partial charge is 0.192 e. The number of Topliss-reactive ketones (excluding diaryl/α,β-unsaturated/α-hetero) is 1. The van der Waals surface area contributed by atoms with Gasteiger partial charge < -0.3 is 18.7 Å². The van der Waals surface area contributed by atoms with Gasteiger partial charge >= 0.3 is 0 Å². The molecule has 3 aromatic carbocycles. The third-order valence-electron chi connectivity index (χ3n) is 7.41. The SMILES string of the molecule is CCCCN(CCCC)C1C(=O)c2c1o[nH]oc1cc(-n3c4ccccc4c4ccccc43)cc(O)c21. The fourth-order valence-electron chi connectivity index (χ4n) is 5.57. The molecule has 1 aliphatic carbocycles. The summed E-state index contributed by atoms with van der Waals surface area (Å²) < 4.78 is 13.6. The molecule has 0 saturated heterocycles. The fourth-order valence-corrected chi connectivity index (χ4v) is 5.57. The Morgan fingerprint density at radius 1 is 0.919 bits per heavy atom. The third-order valence-corrected chi connectivity index (χ3v) is 7.41. The Bertz CT molecular complexity index is 1610. The number of fused-ring (bicyclic) bond motifs is 6. The van der Waals surface area contributed by atoms with Gasteiger partial charge in [0.05, 0.1) is 27.7 Å². The number of aromatic hydroxyl groups is 1. The molecule has 7 heteroatoms. The first kappa shape index (κ1) is 23.4. The van der Waals surface area contributed by atoms with E-state index >= 15 is 0 Å². The number of carbonyl (C=O) groups is 1. The summed E-state index contributed by atoms with van der Waals surface area (Å²) in [6.07, 6.45) is 4.10. The molecular weight excluding hydrogens is 466 g/mol. The van der Waals surface area contributed by atoms with Crippen LogP contribution in [0.2, 0.25) is 0 Å². The summed E-state index contributed by atoms with van der Waals surface area (Å²) in [7, 11) is 0. The van der Waals surface area contributed by atoms with Crippen molar-refractivity contribution in [1.82, 2.24) is 14.8 Å². The van der Waals surface area contributed by atoms with Crippen LogP contribution in [-0.2, 0) is 0 Å². The van der Waals surface area contributed by atoms with Gasteiger partial charge in [-0.25, -0.2) is 0 Å². The number of phenolic OH excluding ortho intramolecular Hbond substituents is 1. The number of aromatic nitrogens is 2. The molecule has 2 heterocycles. The van der Waals surface area contributed by atoms with Crippen molar-refractivity contribution in [3.05, 3.63) is 72.0 Å². The number of H-pyrrole nitrogens is 1. The summed E-state index contributed by atoms with van der Waals surface area (Å²) in [5.41, 5.74) is 3.50. The van der Waals surface area contributed by atoms with Crippen molar-refractivity contribution >= 4 is 38.6 Å². The van der Waals surface area contributed by atoms with Gasteiger partial charge in [0.15, 0.2) is 17.1 Å². The number of para-hydroxylation sites is 2. The van der Waals surface area contributed by atoms with Gasteiger partial charge in [-0.2, -0.15) is 0 Å². The highest BCUT2D eigenvalue weighted by atomic mass is 16.7. The lowest BCUT2D eigenvalue weighted by Gasteiger charge is -2.35. The molecule has 0 amide bonds. The minimum Gasteiger partial charge on any atom is -0.507 e. The van der Waals surface area contributed by atoms with Crippen molar-refractivity contribution in [3.8, 4) is 11.4 Å². The minimum atomic E-state index is -0.466. The normalized spacial score (nSPS) is 15.0. The zero-order chi connectivity index (χ0) is 25.5. The average Bonchev–Trinajstić information content (AvgIpc) is 3.15. The van der Waals surface area contributed by atoms with E-state index in [9.17, 15) is 9.90 Å². The minimum absolute atomic E-state index is 0.0189. The molecule has 0 aliphatic heterocycles. The molecule has 1 atom stereocenters. The van der Waals surface area contributed by atoms with Crippen molar-refractivity contribution in [2.75, 3.05) is 13.1 Å². The number of hydrogen-bond donors (Lipinski definition) is 2. The van der Waals surface area contributed by atoms with Gasteiger partial charge in [0.2, 0.25) is 0 Å². The van der Waals surface area contributed by atoms with E-state index in [1.807, 2.05) is 30.3 Å².